The van der Waals surface area contributed by atoms with E-state index in [1.54, 1.807) is 36.4 Å². The number of amides is 1. The number of benzene rings is 2. The molecule has 32 heavy (non-hydrogen) atoms. The minimum atomic E-state index is -0.663. The lowest BCUT2D eigenvalue weighted by atomic mass is 10.0. The fourth-order valence-corrected chi connectivity index (χ4v) is 3.55. The van der Waals surface area contributed by atoms with Crippen molar-refractivity contribution in [3.8, 4) is 11.3 Å². The summed E-state index contributed by atoms with van der Waals surface area (Å²) in [6.45, 7) is -0.521. The van der Waals surface area contributed by atoms with Crippen molar-refractivity contribution in [2.24, 2.45) is 0 Å². The van der Waals surface area contributed by atoms with Crippen LogP contribution in [0.3, 0.4) is 0 Å². The van der Waals surface area contributed by atoms with Gasteiger partial charge < -0.3 is 10.1 Å². The van der Waals surface area contributed by atoms with Crippen LogP contribution in [0.5, 0.6) is 0 Å². The van der Waals surface area contributed by atoms with Crippen LogP contribution < -0.4 is 5.32 Å². The largest absolute Gasteiger partial charge is 0.452 e. The molecule has 160 valence electrons. The first-order valence-corrected chi connectivity index (χ1v) is 10.5. The number of nitrogens with one attached hydrogen (secondary N) is 1. The van der Waals surface area contributed by atoms with Gasteiger partial charge in [0.05, 0.1) is 26.8 Å². The van der Waals surface area contributed by atoms with Crippen molar-refractivity contribution in [1.82, 2.24) is 9.97 Å². The second kappa shape index (κ2) is 9.53. The van der Waals surface area contributed by atoms with Gasteiger partial charge in [-0.05, 0) is 30.3 Å². The standard InChI is InChI=1S/C23H14Cl3N3O3/c24-14-7-5-13(6-8-14)20-10-17(16-3-1-2-4-19(16)28-20)23(31)32-12-21(30)29-22-18(26)9-15(25)11-27-22/h1-11H,12H2,(H,27,29,30). The molecule has 6 nitrogen and oxygen atoms in total. The van der Waals surface area contributed by atoms with Gasteiger partial charge in [0.15, 0.2) is 12.4 Å². The van der Waals surface area contributed by atoms with Crippen LogP contribution in [0.4, 0.5) is 5.82 Å². The molecular formula is C23H14Cl3N3O3. The molecular weight excluding hydrogens is 473 g/mol. The molecule has 0 fully saturated rings. The summed E-state index contributed by atoms with van der Waals surface area (Å²) < 4.78 is 5.25. The summed E-state index contributed by atoms with van der Waals surface area (Å²) in [6.07, 6.45) is 1.34. The molecule has 2 aromatic carbocycles. The van der Waals surface area contributed by atoms with Crippen LogP contribution in [-0.2, 0) is 9.53 Å². The van der Waals surface area contributed by atoms with Gasteiger partial charge in [-0.1, -0.05) is 65.1 Å². The predicted octanol–water partition coefficient (Wildman–Crippen LogP) is 6.05. The Morgan fingerprint density at radius 1 is 0.938 bits per heavy atom. The number of nitrogens with zero attached hydrogens (tertiary/aromatic N) is 2. The van der Waals surface area contributed by atoms with E-state index in [0.717, 1.165) is 5.56 Å². The molecule has 1 N–H and O–H groups in total. The molecule has 0 spiro atoms. The van der Waals surface area contributed by atoms with Gasteiger partial charge in [-0.15, -0.1) is 0 Å². The van der Waals surface area contributed by atoms with Crippen LogP contribution in [0, 0.1) is 0 Å². The highest BCUT2D eigenvalue weighted by Gasteiger charge is 2.17. The maximum absolute atomic E-state index is 12.9. The maximum Gasteiger partial charge on any atom is 0.339 e. The van der Waals surface area contributed by atoms with Crippen molar-refractivity contribution in [3.63, 3.8) is 0 Å². The van der Waals surface area contributed by atoms with Crippen molar-refractivity contribution in [1.29, 1.82) is 0 Å². The molecule has 0 unspecified atom stereocenters. The average molecular weight is 487 g/mol. The molecule has 2 heterocycles. The van der Waals surface area contributed by atoms with Crippen LogP contribution >= 0.6 is 34.8 Å². The zero-order valence-electron chi connectivity index (χ0n) is 16.3. The number of hydrogen-bond acceptors (Lipinski definition) is 5. The Kier molecular flexibility index (Phi) is 6.55. The van der Waals surface area contributed by atoms with E-state index < -0.39 is 18.5 Å². The number of hydrogen-bond donors (Lipinski definition) is 1. The zero-order valence-corrected chi connectivity index (χ0v) is 18.6. The van der Waals surface area contributed by atoms with Gasteiger partial charge in [-0.3, -0.25) is 4.79 Å². The number of anilines is 1. The van der Waals surface area contributed by atoms with Gasteiger partial charge in [0.2, 0.25) is 0 Å². The van der Waals surface area contributed by atoms with E-state index >= 15 is 0 Å². The first-order chi connectivity index (χ1) is 15.4. The maximum atomic E-state index is 12.9. The molecule has 0 atom stereocenters. The fourth-order valence-electron chi connectivity index (χ4n) is 3.00. The van der Waals surface area contributed by atoms with Crippen molar-refractivity contribution in [2.75, 3.05) is 11.9 Å². The van der Waals surface area contributed by atoms with Crippen molar-refractivity contribution in [2.45, 2.75) is 0 Å². The van der Waals surface area contributed by atoms with Crippen LogP contribution in [0.25, 0.3) is 22.2 Å². The Bertz CT molecular complexity index is 1330. The predicted molar refractivity (Wildman–Crippen MR) is 125 cm³/mol. The topological polar surface area (TPSA) is 81.2 Å². The van der Waals surface area contributed by atoms with E-state index in [1.807, 2.05) is 18.2 Å². The van der Waals surface area contributed by atoms with Gasteiger partial charge in [0, 0.05) is 22.2 Å². The number of ether oxygens (including phenoxy) is 1. The fraction of sp³-hybridized carbons (Fsp3) is 0.0435. The molecule has 0 bridgehead atoms. The number of carbonyl (C=O) groups is 2. The second-order valence-electron chi connectivity index (χ2n) is 6.69. The SMILES string of the molecule is O=C(COC(=O)c1cc(-c2ccc(Cl)cc2)nc2ccccc12)Nc1ncc(Cl)cc1Cl. The monoisotopic (exact) mass is 485 g/mol. The molecule has 1 amide bonds. The molecule has 0 aliphatic heterocycles. The quantitative estimate of drug-likeness (QED) is 0.347. The second-order valence-corrected chi connectivity index (χ2v) is 7.97. The third-order valence-electron chi connectivity index (χ3n) is 4.48. The highest BCUT2D eigenvalue weighted by molar-refractivity contribution is 6.36. The lowest BCUT2D eigenvalue weighted by Gasteiger charge is -2.11. The summed E-state index contributed by atoms with van der Waals surface area (Å²) in [6, 6.07) is 17.4. The number of fused-ring (bicyclic) bond motifs is 1. The summed E-state index contributed by atoms with van der Waals surface area (Å²) in [7, 11) is 0. The third-order valence-corrected chi connectivity index (χ3v) is 5.22. The van der Waals surface area contributed by atoms with E-state index in [-0.39, 0.29) is 16.4 Å². The zero-order chi connectivity index (χ0) is 22.7. The first kappa shape index (κ1) is 22.0. The number of esters is 1. The molecule has 0 aliphatic carbocycles. The van der Waals surface area contributed by atoms with Crippen molar-refractivity contribution in [3.05, 3.63) is 87.5 Å². The van der Waals surface area contributed by atoms with E-state index in [1.165, 1.54) is 12.3 Å². The number of para-hydroxylation sites is 1. The Hall–Kier alpha value is -3.19. The Morgan fingerprint density at radius 2 is 1.69 bits per heavy atom. The Morgan fingerprint density at radius 3 is 2.44 bits per heavy atom. The van der Waals surface area contributed by atoms with Gasteiger partial charge in [-0.25, -0.2) is 14.8 Å². The number of carbonyl (C=O) groups excluding carboxylic acids is 2. The van der Waals surface area contributed by atoms with E-state index in [4.69, 9.17) is 39.5 Å². The van der Waals surface area contributed by atoms with Crippen LogP contribution in [-0.4, -0.2) is 28.5 Å². The number of rotatable bonds is 5. The molecule has 0 radical (unpaired) electrons. The molecule has 0 aliphatic rings. The summed E-state index contributed by atoms with van der Waals surface area (Å²) in [5.74, 6) is -1.13. The van der Waals surface area contributed by atoms with Gasteiger partial charge in [-0.2, -0.15) is 0 Å². The minimum absolute atomic E-state index is 0.122. The average Bonchev–Trinajstić information content (AvgIpc) is 2.79. The number of pyridine rings is 2. The number of halogens is 3. The minimum Gasteiger partial charge on any atom is -0.452 e. The summed E-state index contributed by atoms with van der Waals surface area (Å²) in [5.41, 5.74) is 2.27. The summed E-state index contributed by atoms with van der Waals surface area (Å²) >= 11 is 17.8. The van der Waals surface area contributed by atoms with Crippen molar-refractivity contribution < 1.29 is 14.3 Å². The molecule has 4 rings (SSSR count). The molecule has 0 saturated carbocycles. The highest BCUT2D eigenvalue weighted by atomic mass is 35.5. The first-order valence-electron chi connectivity index (χ1n) is 9.34. The third kappa shape index (κ3) is 4.99. The molecule has 9 heteroatoms. The van der Waals surface area contributed by atoms with E-state index in [2.05, 4.69) is 15.3 Å². The van der Waals surface area contributed by atoms with Crippen LogP contribution in [0.1, 0.15) is 10.4 Å². The molecule has 2 aromatic heterocycles. The summed E-state index contributed by atoms with van der Waals surface area (Å²) in [5, 5.41) is 4.19. The van der Waals surface area contributed by atoms with Crippen molar-refractivity contribution >= 4 is 63.4 Å². The number of aromatic nitrogens is 2. The molecule has 0 saturated heterocycles. The van der Waals surface area contributed by atoms with Gasteiger partial charge in [0.1, 0.15) is 0 Å². The lowest BCUT2D eigenvalue weighted by Crippen LogP contribution is -2.21. The van der Waals surface area contributed by atoms with Crippen LogP contribution in [0.15, 0.2) is 66.9 Å². The Labute approximate surface area is 198 Å². The normalized spacial score (nSPS) is 10.7. The lowest BCUT2D eigenvalue weighted by molar-refractivity contribution is -0.119. The Balaban J connectivity index is 1.56. The van der Waals surface area contributed by atoms with Crippen LogP contribution in [0.2, 0.25) is 15.1 Å². The van der Waals surface area contributed by atoms with Gasteiger partial charge >= 0.3 is 5.97 Å². The highest BCUT2D eigenvalue weighted by Crippen LogP contribution is 2.27. The van der Waals surface area contributed by atoms with Gasteiger partial charge in [0.25, 0.3) is 5.91 Å². The van der Waals surface area contributed by atoms with E-state index in [9.17, 15) is 9.59 Å². The molecule has 4 aromatic rings. The summed E-state index contributed by atoms with van der Waals surface area (Å²) in [4.78, 5) is 33.6. The smallest absolute Gasteiger partial charge is 0.339 e. The van der Waals surface area contributed by atoms with E-state index in [0.29, 0.717) is 26.6 Å².